The first kappa shape index (κ1) is 31.4. The van der Waals surface area contributed by atoms with E-state index in [1.165, 1.54) is 5.56 Å². The second-order valence-electron chi connectivity index (χ2n) is 11.8. The quantitative estimate of drug-likeness (QED) is 0.240. The number of likely N-dealkylation sites (tertiary alicyclic amines) is 1. The van der Waals surface area contributed by atoms with E-state index in [1.54, 1.807) is 24.1 Å². The topological polar surface area (TPSA) is 123 Å². The molecule has 11 heteroatoms. The lowest BCUT2D eigenvalue weighted by Crippen LogP contribution is -2.42. The summed E-state index contributed by atoms with van der Waals surface area (Å²) in [6, 6.07) is 23.3. The molecule has 0 aliphatic carbocycles. The van der Waals surface area contributed by atoms with Gasteiger partial charge in [0.05, 0.1) is 24.0 Å². The fourth-order valence-electron chi connectivity index (χ4n) is 6.23. The molecule has 0 saturated carbocycles. The molecule has 240 valence electrons. The summed E-state index contributed by atoms with van der Waals surface area (Å²) in [4.78, 5) is 33.3. The summed E-state index contributed by atoms with van der Waals surface area (Å²) in [6.07, 6.45) is 3.25. The Hall–Kier alpha value is -4.58. The van der Waals surface area contributed by atoms with Gasteiger partial charge in [-0.05, 0) is 49.6 Å². The van der Waals surface area contributed by atoms with Crippen molar-refractivity contribution >= 4 is 17.8 Å². The molecule has 46 heavy (non-hydrogen) atoms. The van der Waals surface area contributed by atoms with Crippen LogP contribution in [0.4, 0.5) is 10.6 Å². The third-order valence-corrected chi connectivity index (χ3v) is 8.73. The largest absolute Gasteiger partial charge is 0.383 e. The molecule has 2 aromatic heterocycles. The average molecular weight is 624 g/mol. The standard InChI is InChI=1S/C35H41N7O4/c1-24-32(26-13-14-30(36-21-26)34(43)37-27-15-18-46-19-16-27)40-42(28-11-7-4-8-12-28)33(24)39-35(44)38-31-23-41(17-20-45-2)22-29(31)25-9-5-3-6-10-25/h3-14,21,27,29,31H,15-20,22-23H2,1-2H3,(H,37,43)(H2,38,39,44)/t29-,31+/m0/s1. The van der Waals surface area contributed by atoms with E-state index in [2.05, 4.69) is 38.0 Å². The third kappa shape index (κ3) is 7.28. The zero-order valence-electron chi connectivity index (χ0n) is 26.3. The predicted octanol–water partition coefficient (Wildman–Crippen LogP) is 4.39. The van der Waals surface area contributed by atoms with Crippen LogP contribution in [0.1, 0.15) is 40.4 Å². The lowest BCUT2D eigenvalue weighted by Gasteiger charge is -2.22. The minimum Gasteiger partial charge on any atom is -0.383 e. The highest BCUT2D eigenvalue weighted by atomic mass is 16.5. The lowest BCUT2D eigenvalue weighted by molar-refractivity contribution is 0.0694. The molecule has 6 rings (SSSR count). The Morgan fingerprint density at radius 1 is 0.957 bits per heavy atom. The van der Waals surface area contributed by atoms with E-state index in [1.807, 2.05) is 61.5 Å². The molecule has 2 aromatic carbocycles. The molecule has 0 bridgehead atoms. The highest BCUT2D eigenvalue weighted by Crippen LogP contribution is 2.31. The maximum absolute atomic E-state index is 13.7. The van der Waals surface area contributed by atoms with Crippen LogP contribution in [-0.2, 0) is 9.47 Å². The molecule has 3 N–H and O–H groups in total. The van der Waals surface area contributed by atoms with Crippen LogP contribution in [0.3, 0.4) is 0 Å². The Morgan fingerprint density at radius 2 is 1.70 bits per heavy atom. The molecule has 4 aromatic rings. The molecule has 0 unspecified atom stereocenters. The lowest BCUT2D eigenvalue weighted by atomic mass is 9.94. The summed E-state index contributed by atoms with van der Waals surface area (Å²) >= 11 is 0. The fraction of sp³-hybridized carbons (Fsp3) is 0.371. The maximum atomic E-state index is 13.7. The number of anilines is 1. The number of carbonyl (C=O) groups is 2. The highest BCUT2D eigenvalue weighted by Gasteiger charge is 2.35. The minimum absolute atomic E-state index is 0.0869. The number of nitrogens with one attached hydrogen (secondary N) is 3. The molecule has 2 aliphatic rings. The monoisotopic (exact) mass is 623 g/mol. The number of rotatable bonds is 10. The first-order valence-electron chi connectivity index (χ1n) is 15.8. The van der Waals surface area contributed by atoms with Crippen molar-refractivity contribution in [2.24, 2.45) is 0 Å². The SMILES string of the molecule is COCCN1C[C@@H](NC(=O)Nc2c(C)c(-c3ccc(C(=O)NC4CCOCC4)nc3)nn2-c2ccccc2)[C@H](c2ccccc2)C1. The van der Waals surface area contributed by atoms with Crippen LogP contribution in [0, 0.1) is 6.92 Å². The smallest absolute Gasteiger partial charge is 0.320 e. The van der Waals surface area contributed by atoms with Crippen LogP contribution in [0.15, 0.2) is 79.0 Å². The van der Waals surface area contributed by atoms with Gasteiger partial charge in [0, 0.05) is 69.2 Å². The summed E-state index contributed by atoms with van der Waals surface area (Å²) in [5, 5.41) is 14.3. The Kier molecular flexibility index (Phi) is 10.0. The van der Waals surface area contributed by atoms with E-state index < -0.39 is 0 Å². The van der Waals surface area contributed by atoms with Crippen LogP contribution in [0.2, 0.25) is 0 Å². The number of nitrogens with zero attached hydrogens (tertiary/aromatic N) is 4. The van der Waals surface area contributed by atoms with E-state index in [0.29, 0.717) is 37.0 Å². The van der Waals surface area contributed by atoms with E-state index in [4.69, 9.17) is 14.6 Å². The molecule has 2 fully saturated rings. The van der Waals surface area contributed by atoms with Gasteiger partial charge >= 0.3 is 6.03 Å². The van der Waals surface area contributed by atoms with E-state index in [-0.39, 0.29) is 29.9 Å². The summed E-state index contributed by atoms with van der Waals surface area (Å²) < 4.78 is 12.4. The van der Waals surface area contributed by atoms with Gasteiger partial charge in [-0.25, -0.2) is 9.48 Å². The highest BCUT2D eigenvalue weighted by molar-refractivity contribution is 5.93. The summed E-state index contributed by atoms with van der Waals surface area (Å²) in [5.41, 5.74) is 4.54. The number of urea groups is 1. The van der Waals surface area contributed by atoms with Crippen LogP contribution < -0.4 is 16.0 Å². The Balaban J connectivity index is 1.22. The van der Waals surface area contributed by atoms with Gasteiger partial charge in [0.25, 0.3) is 5.91 Å². The molecule has 0 spiro atoms. The number of carbonyl (C=O) groups excluding carboxylic acids is 2. The number of aromatic nitrogens is 3. The predicted molar refractivity (Wildman–Crippen MR) is 176 cm³/mol. The van der Waals surface area contributed by atoms with Crippen molar-refractivity contribution < 1.29 is 19.1 Å². The van der Waals surface area contributed by atoms with Crippen molar-refractivity contribution in [2.75, 3.05) is 51.9 Å². The summed E-state index contributed by atoms with van der Waals surface area (Å²) in [7, 11) is 1.70. The number of methoxy groups -OCH3 is 1. The molecular weight excluding hydrogens is 582 g/mol. The zero-order chi connectivity index (χ0) is 31.9. The second-order valence-corrected chi connectivity index (χ2v) is 11.8. The molecular formula is C35H41N7O4. The minimum atomic E-state index is -0.301. The summed E-state index contributed by atoms with van der Waals surface area (Å²) in [5.74, 6) is 0.504. The molecule has 0 radical (unpaired) electrons. The number of para-hydroxylation sites is 1. The van der Waals surface area contributed by atoms with Gasteiger partial charge in [-0.2, -0.15) is 5.10 Å². The van der Waals surface area contributed by atoms with Crippen molar-refractivity contribution in [3.05, 3.63) is 95.8 Å². The number of amides is 3. The van der Waals surface area contributed by atoms with Gasteiger partial charge in [0.15, 0.2) is 0 Å². The first-order valence-corrected chi connectivity index (χ1v) is 15.8. The molecule has 2 saturated heterocycles. The number of pyridine rings is 1. The fourth-order valence-corrected chi connectivity index (χ4v) is 6.23. The first-order chi connectivity index (χ1) is 22.5. The normalized spacial score (nSPS) is 18.7. The molecule has 11 nitrogen and oxygen atoms in total. The van der Waals surface area contributed by atoms with Gasteiger partial charge in [-0.3, -0.25) is 20.0 Å². The summed E-state index contributed by atoms with van der Waals surface area (Å²) in [6.45, 7) is 6.21. The van der Waals surface area contributed by atoms with Crippen LogP contribution in [0.5, 0.6) is 0 Å². The van der Waals surface area contributed by atoms with Crippen molar-refractivity contribution in [1.29, 1.82) is 0 Å². The zero-order valence-corrected chi connectivity index (χ0v) is 26.3. The van der Waals surface area contributed by atoms with Gasteiger partial charge in [-0.1, -0.05) is 48.5 Å². The number of ether oxygens (including phenoxy) is 2. The average Bonchev–Trinajstić information content (AvgIpc) is 3.65. The number of hydrogen-bond donors (Lipinski definition) is 3. The van der Waals surface area contributed by atoms with Gasteiger partial charge in [0.1, 0.15) is 11.5 Å². The second kappa shape index (κ2) is 14.7. The third-order valence-electron chi connectivity index (χ3n) is 8.73. The van der Waals surface area contributed by atoms with E-state index in [9.17, 15) is 9.59 Å². The Morgan fingerprint density at radius 3 is 2.39 bits per heavy atom. The van der Waals surface area contributed by atoms with Gasteiger partial charge < -0.3 is 20.1 Å². The van der Waals surface area contributed by atoms with Crippen molar-refractivity contribution in [2.45, 2.75) is 37.8 Å². The van der Waals surface area contributed by atoms with Crippen LogP contribution >= 0.6 is 0 Å². The van der Waals surface area contributed by atoms with Crippen molar-refractivity contribution in [3.63, 3.8) is 0 Å². The molecule has 2 aliphatic heterocycles. The van der Waals surface area contributed by atoms with Gasteiger partial charge in [-0.15, -0.1) is 0 Å². The van der Waals surface area contributed by atoms with E-state index in [0.717, 1.165) is 49.3 Å². The molecule has 4 heterocycles. The van der Waals surface area contributed by atoms with Crippen molar-refractivity contribution in [1.82, 2.24) is 30.3 Å². The van der Waals surface area contributed by atoms with E-state index >= 15 is 0 Å². The number of benzene rings is 2. The Labute approximate surface area is 269 Å². The van der Waals surface area contributed by atoms with Gasteiger partial charge in [0.2, 0.25) is 0 Å². The Bertz CT molecular complexity index is 1610. The number of hydrogen-bond acceptors (Lipinski definition) is 7. The maximum Gasteiger partial charge on any atom is 0.320 e. The van der Waals surface area contributed by atoms with Crippen molar-refractivity contribution in [3.8, 4) is 16.9 Å². The molecule has 3 amide bonds. The van der Waals surface area contributed by atoms with Crippen LogP contribution in [-0.4, -0.2) is 90.3 Å². The molecule has 2 atom stereocenters. The van der Waals surface area contributed by atoms with Crippen LogP contribution in [0.25, 0.3) is 16.9 Å².